The van der Waals surface area contributed by atoms with E-state index in [1.54, 1.807) is 10.9 Å². The van der Waals surface area contributed by atoms with Gasteiger partial charge in [-0.2, -0.15) is 4.98 Å². The quantitative estimate of drug-likeness (QED) is 0.730. The van der Waals surface area contributed by atoms with Crippen LogP contribution in [0.3, 0.4) is 0 Å². The summed E-state index contributed by atoms with van der Waals surface area (Å²) in [6.45, 7) is 0. The molecule has 2 aromatic heterocycles. The average Bonchev–Trinajstić information content (AvgIpc) is 3.03. The standard InChI is InChI=1S/C11H6F2N4OS/c12-6-2-7(13)8(14)1-5(6)11-16-10(17-18-11)9-3-19-4-15-9/h1-4H,14H2. The number of aromatic nitrogens is 3. The summed E-state index contributed by atoms with van der Waals surface area (Å²) in [7, 11) is 0. The van der Waals surface area contributed by atoms with E-state index in [9.17, 15) is 8.78 Å². The Morgan fingerprint density at radius 1 is 1.21 bits per heavy atom. The maximum absolute atomic E-state index is 13.6. The van der Waals surface area contributed by atoms with Crippen LogP contribution in [-0.4, -0.2) is 15.1 Å². The fourth-order valence-electron chi connectivity index (χ4n) is 1.49. The summed E-state index contributed by atoms with van der Waals surface area (Å²) in [6, 6.07) is 1.79. The molecule has 2 N–H and O–H groups in total. The Kier molecular flexibility index (Phi) is 2.71. The van der Waals surface area contributed by atoms with Gasteiger partial charge in [-0.3, -0.25) is 0 Å². The summed E-state index contributed by atoms with van der Waals surface area (Å²) in [5, 5.41) is 5.41. The van der Waals surface area contributed by atoms with E-state index in [2.05, 4.69) is 15.1 Å². The number of rotatable bonds is 2. The smallest absolute Gasteiger partial charge is 0.261 e. The third-order valence-electron chi connectivity index (χ3n) is 2.40. The Bertz CT molecular complexity index is 726. The summed E-state index contributed by atoms with van der Waals surface area (Å²) in [5.41, 5.74) is 7.28. The van der Waals surface area contributed by atoms with E-state index in [1.807, 2.05) is 0 Å². The summed E-state index contributed by atoms with van der Waals surface area (Å²) < 4.78 is 31.6. The van der Waals surface area contributed by atoms with Crippen molar-refractivity contribution >= 4 is 17.0 Å². The van der Waals surface area contributed by atoms with Crippen molar-refractivity contribution in [1.82, 2.24) is 15.1 Å². The molecule has 0 unspecified atom stereocenters. The van der Waals surface area contributed by atoms with Gasteiger partial charge in [0.15, 0.2) is 0 Å². The molecule has 0 radical (unpaired) electrons. The molecule has 0 aliphatic heterocycles. The maximum atomic E-state index is 13.6. The van der Waals surface area contributed by atoms with E-state index >= 15 is 0 Å². The third kappa shape index (κ3) is 2.06. The van der Waals surface area contributed by atoms with Gasteiger partial charge in [-0.1, -0.05) is 5.16 Å². The van der Waals surface area contributed by atoms with E-state index in [4.69, 9.17) is 10.3 Å². The fourth-order valence-corrected chi connectivity index (χ4v) is 2.02. The van der Waals surface area contributed by atoms with Gasteiger partial charge in [-0.15, -0.1) is 11.3 Å². The van der Waals surface area contributed by atoms with Crippen LogP contribution in [0.25, 0.3) is 23.0 Å². The van der Waals surface area contributed by atoms with Crippen LogP contribution in [-0.2, 0) is 0 Å². The van der Waals surface area contributed by atoms with Crippen molar-refractivity contribution in [3.8, 4) is 23.0 Å². The minimum Gasteiger partial charge on any atom is -0.396 e. The molecule has 0 amide bonds. The molecule has 3 rings (SSSR count). The first-order valence-corrected chi connectivity index (χ1v) is 6.06. The molecule has 0 fully saturated rings. The average molecular weight is 280 g/mol. The van der Waals surface area contributed by atoms with E-state index in [-0.39, 0.29) is 23.0 Å². The van der Waals surface area contributed by atoms with Crippen molar-refractivity contribution in [2.45, 2.75) is 0 Å². The van der Waals surface area contributed by atoms with Gasteiger partial charge in [0.05, 0.1) is 16.8 Å². The van der Waals surface area contributed by atoms with Gasteiger partial charge in [0, 0.05) is 11.4 Å². The minimum atomic E-state index is -0.833. The summed E-state index contributed by atoms with van der Waals surface area (Å²) in [4.78, 5) is 8.01. The molecule has 0 atom stereocenters. The Morgan fingerprint density at radius 3 is 2.79 bits per heavy atom. The van der Waals surface area contributed by atoms with Crippen LogP contribution in [0.15, 0.2) is 27.5 Å². The zero-order valence-corrected chi connectivity index (χ0v) is 10.1. The molecule has 0 spiro atoms. The van der Waals surface area contributed by atoms with Gasteiger partial charge < -0.3 is 10.3 Å². The number of nitrogen functional groups attached to an aromatic ring is 1. The largest absolute Gasteiger partial charge is 0.396 e. The van der Waals surface area contributed by atoms with Crippen molar-refractivity contribution in [2.24, 2.45) is 0 Å². The lowest BCUT2D eigenvalue weighted by Gasteiger charge is -2.00. The van der Waals surface area contributed by atoms with Crippen LogP contribution in [0.5, 0.6) is 0 Å². The lowest BCUT2D eigenvalue weighted by Crippen LogP contribution is -1.94. The Balaban J connectivity index is 2.06. The number of anilines is 1. The second kappa shape index (κ2) is 4.39. The highest BCUT2D eigenvalue weighted by Gasteiger charge is 2.17. The van der Waals surface area contributed by atoms with Crippen LogP contribution in [0.4, 0.5) is 14.5 Å². The molecular formula is C11H6F2N4OS. The number of nitrogens with zero attached hydrogens (tertiary/aromatic N) is 3. The number of nitrogens with two attached hydrogens (primary N) is 1. The van der Waals surface area contributed by atoms with Gasteiger partial charge in [0.25, 0.3) is 5.89 Å². The van der Waals surface area contributed by atoms with Gasteiger partial charge in [-0.25, -0.2) is 13.8 Å². The summed E-state index contributed by atoms with van der Waals surface area (Å²) >= 11 is 1.37. The molecule has 5 nitrogen and oxygen atoms in total. The monoisotopic (exact) mass is 280 g/mol. The van der Waals surface area contributed by atoms with E-state index in [0.29, 0.717) is 11.8 Å². The number of halogens is 2. The molecule has 0 bridgehead atoms. The Hall–Kier alpha value is -2.35. The molecule has 0 aliphatic carbocycles. The molecule has 3 aromatic rings. The summed E-state index contributed by atoms with van der Waals surface area (Å²) in [5.74, 6) is -1.49. The van der Waals surface area contributed by atoms with Gasteiger partial charge in [0.1, 0.15) is 17.3 Å². The second-order valence-corrected chi connectivity index (χ2v) is 4.37. The zero-order chi connectivity index (χ0) is 13.4. The van der Waals surface area contributed by atoms with Crippen molar-refractivity contribution in [2.75, 3.05) is 5.73 Å². The normalized spacial score (nSPS) is 10.8. The Morgan fingerprint density at radius 2 is 2.05 bits per heavy atom. The lowest BCUT2D eigenvalue weighted by atomic mass is 10.2. The molecule has 0 saturated carbocycles. The SMILES string of the molecule is Nc1cc(-c2nc(-c3cscn3)no2)c(F)cc1F. The zero-order valence-electron chi connectivity index (χ0n) is 9.30. The van der Waals surface area contributed by atoms with Crippen molar-refractivity contribution in [3.63, 3.8) is 0 Å². The maximum Gasteiger partial charge on any atom is 0.261 e. The third-order valence-corrected chi connectivity index (χ3v) is 2.99. The van der Waals surface area contributed by atoms with Crippen LogP contribution >= 0.6 is 11.3 Å². The molecular weight excluding hydrogens is 274 g/mol. The Labute approximate surface area is 109 Å². The highest BCUT2D eigenvalue weighted by molar-refractivity contribution is 7.07. The highest BCUT2D eigenvalue weighted by Crippen LogP contribution is 2.27. The number of thiazole rings is 1. The van der Waals surface area contributed by atoms with E-state index in [1.165, 1.54) is 11.3 Å². The van der Waals surface area contributed by atoms with Crippen molar-refractivity contribution in [3.05, 3.63) is 34.7 Å². The molecule has 2 heterocycles. The van der Waals surface area contributed by atoms with Crippen molar-refractivity contribution in [1.29, 1.82) is 0 Å². The topological polar surface area (TPSA) is 77.8 Å². The lowest BCUT2D eigenvalue weighted by molar-refractivity contribution is 0.429. The molecule has 0 aliphatic rings. The molecule has 96 valence electrons. The number of hydrogen-bond acceptors (Lipinski definition) is 6. The van der Waals surface area contributed by atoms with Crippen LogP contribution in [0, 0.1) is 11.6 Å². The first-order chi connectivity index (χ1) is 9.15. The first-order valence-electron chi connectivity index (χ1n) is 5.12. The highest BCUT2D eigenvalue weighted by atomic mass is 32.1. The van der Waals surface area contributed by atoms with Crippen LogP contribution in [0.1, 0.15) is 0 Å². The van der Waals surface area contributed by atoms with E-state index in [0.717, 1.165) is 6.07 Å². The van der Waals surface area contributed by atoms with Gasteiger partial charge in [0.2, 0.25) is 5.82 Å². The molecule has 19 heavy (non-hydrogen) atoms. The minimum absolute atomic E-state index is 0.0483. The van der Waals surface area contributed by atoms with Crippen LogP contribution < -0.4 is 5.73 Å². The van der Waals surface area contributed by atoms with E-state index < -0.39 is 11.6 Å². The molecule has 0 saturated heterocycles. The summed E-state index contributed by atoms with van der Waals surface area (Å²) in [6.07, 6.45) is 0. The van der Waals surface area contributed by atoms with Crippen molar-refractivity contribution < 1.29 is 13.3 Å². The molecule has 8 heteroatoms. The van der Waals surface area contributed by atoms with Gasteiger partial charge in [-0.05, 0) is 6.07 Å². The van der Waals surface area contributed by atoms with Gasteiger partial charge >= 0.3 is 0 Å². The number of hydrogen-bond donors (Lipinski definition) is 1. The predicted octanol–water partition coefficient (Wildman–Crippen LogP) is 2.72. The second-order valence-electron chi connectivity index (χ2n) is 3.65. The molecule has 1 aromatic carbocycles. The fraction of sp³-hybridized carbons (Fsp3) is 0. The predicted molar refractivity (Wildman–Crippen MR) is 65.2 cm³/mol. The van der Waals surface area contributed by atoms with Crippen LogP contribution in [0.2, 0.25) is 0 Å². The number of benzene rings is 1. The first kappa shape index (κ1) is 11.7.